The largest absolute Gasteiger partial charge is 0.478 e. The van der Waals surface area contributed by atoms with Gasteiger partial charge in [-0.3, -0.25) is 4.79 Å². The molecule has 0 heterocycles. The third-order valence-electron chi connectivity index (χ3n) is 2.85. The number of hydrogen-bond donors (Lipinski definition) is 1. The number of anilines is 1. The van der Waals surface area contributed by atoms with Gasteiger partial charge in [0.05, 0.1) is 17.8 Å². The minimum absolute atomic E-state index is 0.0305. The summed E-state index contributed by atoms with van der Waals surface area (Å²) in [6.45, 7) is 2.23. The van der Waals surface area contributed by atoms with Gasteiger partial charge < -0.3 is 14.9 Å². The first-order valence-electron chi connectivity index (χ1n) is 6.35. The van der Waals surface area contributed by atoms with Gasteiger partial charge in [-0.2, -0.15) is 0 Å². The summed E-state index contributed by atoms with van der Waals surface area (Å²) in [6.07, 6.45) is 0.675. The van der Waals surface area contributed by atoms with E-state index in [1.54, 1.807) is 14.1 Å². The summed E-state index contributed by atoms with van der Waals surface area (Å²) in [7, 11) is 3.21. The van der Waals surface area contributed by atoms with Crippen molar-refractivity contribution < 1.29 is 19.1 Å². The SMILES string of the molecule is CCCN(CC(=O)N(C)C)c1c(F)cccc1C(=O)O. The molecule has 0 radical (unpaired) electrons. The zero-order chi connectivity index (χ0) is 15.3. The molecule has 0 saturated carbocycles. The highest BCUT2D eigenvalue weighted by Crippen LogP contribution is 2.25. The van der Waals surface area contributed by atoms with Crippen LogP contribution in [-0.2, 0) is 4.79 Å². The number of likely N-dealkylation sites (N-methyl/N-ethyl adjacent to an activating group) is 1. The fraction of sp³-hybridized carbons (Fsp3) is 0.429. The fourth-order valence-electron chi connectivity index (χ4n) is 1.85. The predicted molar refractivity (Wildman–Crippen MR) is 74.6 cm³/mol. The number of carboxylic acids is 1. The topological polar surface area (TPSA) is 60.9 Å². The molecule has 0 atom stereocenters. The molecule has 0 saturated heterocycles. The van der Waals surface area contributed by atoms with Crippen molar-refractivity contribution in [3.05, 3.63) is 29.6 Å². The van der Waals surface area contributed by atoms with Gasteiger partial charge >= 0.3 is 5.97 Å². The van der Waals surface area contributed by atoms with E-state index in [1.165, 1.54) is 28.0 Å². The van der Waals surface area contributed by atoms with Gasteiger partial charge in [-0.1, -0.05) is 13.0 Å². The molecule has 0 unspecified atom stereocenters. The Bertz CT molecular complexity index is 503. The third kappa shape index (κ3) is 3.69. The molecule has 0 aromatic heterocycles. The third-order valence-corrected chi connectivity index (χ3v) is 2.85. The lowest BCUT2D eigenvalue weighted by Crippen LogP contribution is -2.38. The minimum atomic E-state index is -1.21. The van der Waals surface area contributed by atoms with E-state index in [9.17, 15) is 14.0 Å². The number of halogens is 1. The van der Waals surface area contributed by atoms with Crippen LogP contribution in [0.2, 0.25) is 0 Å². The lowest BCUT2D eigenvalue weighted by molar-refractivity contribution is -0.127. The molecule has 0 aliphatic heterocycles. The molecule has 110 valence electrons. The first-order chi connectivity index (χ1) is 9.38. The number of carbonyl (C=O) groups is 2. The minimum Gasteiger partial charge on any atom is -0.478 e. The van der Waals surface area contributed by atoms with Crippen LogP contribution < -0.4 is 4.90 Å². The number of benzene rings is 1. The molecule has 0 fully saturated rings. The molecule has 0 aliphatic carbocycles. The van der Waals surface area contributed by atoms with E-state index in [-0.39, 0.29) is 23.7 Å². The molecule has 0 bridgehead atoms. The fourth-order valence-corrected chi connectivity index (χ4v) is 1.85. The number of aromatic carboxylic acids is 1. The highest BCUT2D eigenvalue weighted by molar-refractivity contribution is 5.95. The van der Waals surface area contributed by atoms with Gasteiger partial charge in [-0.25, -0.2) is 9.18 Å². The van der Waals surface area contributed by atoms with Gasteiger partial charge in [-0.15, -0.1) is 0 Å². The van der Waals surface area contributed by atoms with Crippen LogP contribution in [-0.4, -0.2) is 49.1 Å². The quantitative estimate of drug-likeness (QED) is 0.864. The van der Waals surface area contributed by atoms with Crippen LogP contribution in [0.4, 0.5) is 10.1 Å². The Labute approximate surface area is 117 Å². The van der Waals surface area contributed by atoms with Crippen molar-refractivity contribution in [1.29, 1.82) is 0 Å². The second-order valence-electron chi connectivity index (χ2n) is 4.65. The Morgan fingerprint density at radius 2 is 1.95 bits per heavy atom. The Morgan fingerprint density at radius 1 is 1.30 bits per heavy atom. The Morgan fingerprint density at radius 3 is 2.45 bits per heavy atom. The number of carbonyl (C=O) groups excluding carboxylic acids is 1. The second-order valence-corrected chi connectivity index (χ2v) is 4.65. The summed E-state index contributed by atoms with van der Waals surface area (Å²) in [5.41, 5.74) is -0.165. The molecule has 0 spiro atoms. The van der Waals surface area contributed by atoms with Crippen LogP contribution in [0.1, 0.15) is 23.7 Å². The van der Waals surface area contributed by atoms with Crippen molar-refractivity contribution in [3.63, 3.8) is 0 Å². The highest BCUT2D eigenvalue weighted by atomic mass is 19.1. The summed E-state index contributed by atoms with van der Waals surface area (Å²) >= 11 is 0. The first-order valence-corrected chi connectivity index (χ1v) is 6.35. The Kier molecular flexibility index (Phi) is 5.49. The van der Waals surface area contributed by atoms with Crippen LogP contribution in [0.3, 0.4) is 0 Å². The average Bonchev–Trinajstić information content (AvgIpc) is 2.37. The van der Waals surface area contributed by atoms with Crippen LogP contribution in [0.15, 0.2) is 18.2 Å². The standard InChI is InChI=1S/C14H19FN2O3/c1-4-8-17(9-12(18)16(2)3)13-10(14(19)20)6-5-7-11(13)15/h5-7H,4,8-9H2,1-3H3,(H,19,20). The monoisotopic (exact) mass is 282 g/mol. The van der Waals surface area contributed by atoms with Crippen LogP contribution >= 0.6 is 0 Å². The average molecular weight is 282 g/mol. The summed E-state index contributed by atoms with van der Waals surface area (Å²) in [6, 6.07) is 3.88. The van der Waals surface area contributed by atoms with Crippen molar-refractivity contribution >= 4 is 17.6 Å². The van der Waals surface area contributed by atoms with Crippen LogP contribution in [0.5, 0.6) is 0 Å². The number of para-hydroxylation sites is 1. The molecule has 5 nitrogen and oxygen atoms in total. The Hall–Kier alpha value is -2.11. The summed E-state index contributed by atoms with van der Waals surface area (Å²) < 4.78 is 14.0. The van der Waals surface area contributed by atoms with Gasteiger partial charge in [0.15, 0.2) is 0 Å². The maximum Gasteiger partial charge on any atom is 0.337 e. The maximum atomic E-state index is 14.0. The predicted octanol–water partition coefficient (Wildman–Crippen LogP) is 1.83. The van der Waals surface area contributed by atoms with Gasteiger partial charge in [0.25, 0.3) is 0 Å². The van der Waals surface area contributed by atoms with Crippen molar-refractivity contribution in [1.82, 2.24) is 4.90 Å². The molecule has 1 N–H and O–H groups in total. The van der Waals surface area contributed by atoms with Crippen molar-refractivity contribution in [3.8, 4) is 0 Å². The number of rotatable bonds is 6. The molecule has 1 aromatic carbocycles. The molecule has 1 aromatic rings. The van der Waals surface area contributed by atoms with E-state index in [2.05, 4.69) is 0 Å². The number of hydrogen-bond acceptors (Lipinski definition) is 3. The summed E-state index contributed by atoms with van der Waals surface area (Å²) in [4.78, 5) is 25.9. The normalized spacial score (nSPS) is 10.2. The van der Waals surface area contributed by atoms with E-state index in [0.717, 1.165) is 0 Å². The summed E-state index contributed by atoms with van der Waals surface area (Å²) in [5, 5.41) is 9.16. The zero-order valence-corrected chi connectivity index (χ0v) is 11.9. The first kappa shape index (κ1) is 15.9. The molecular weight excluding hydrogens is 263 g/mol. The lowest BCUT2D eigenvalue weighted by Gasteiger charge is -2.26. The van der Waals surface area contributed by atoms with E-state index in [4.69, 9.17) is 5.11 Å². The maximum absolute atomic E-state index is 14.0. The number of amides is 1. The van der Waals surface area contributed by atoms with Gasteiger partial charge in [-0.05, 0) is 18.6 Å². The van der Waals surface area contributed by atoms with Crippen molar-refractivity contribution in [2.24, 2.45) is 0 Å². The summed E-state index contributed by atoms with van der Waals surface area (Å²) in [5.74, 6) is -2.05. The number of carboxylic acid groups (broad SMARTS) is 1. The van der Waals surface area contributed by atoms with E-state index < -0.39 is 11.8 Å². The van der Waals surface area contributed by atoms with Gasteiger partial charge in [0.1, 0.15) is 5.82 Å². The molecular formula is C14H19FN2O3. The number of nitrogens with zero attached hydrogens (tertiary/aromatic N) is 2. The molecule has 20 heavy (non-hydrogen) atoms. The van der Waals surface area contributed by atoms with Crippen molar-refractivity contribution in [2.45, 2.75) is 13.3 Å². The van der Waals surface area contributed by atoms with Crippen LogP contribution in [0.25, 0.3) is 0 Å². The smallest absolute Gasteiger partial charge is 0.337 e. The molecule has 1 amide bonds. The van der Waals surface area contributed by atoms with E-state index >= 15 is 0 Å². The van der Waals surface area contributed by atoms with Gasteiger partial charge in [0.2, 0.25) is 5.91 Å². The van der Waals surface area contributed by atoms with E-state index in [1.807, 2.05) is 6.92 Å². The zero-order valence-electron chi connectivity index (χ0n) is 11.9. The molecule has 0 aliphatic rings. The Balaban J connectivity index is 3.20. The molecule has 6 heteroatoms. The van der Waals surface area contributed by atoms with Crippen LogP contribution in [0, 0.1) is 5.82 Å². The van der Waals surface area contributed by atoms with Crippen molar-refractivity contribution in [2.75, 3.05) is 32.1 Å². The van der Waals surface area contributed by atoms with Gasteiger partial charge in [0, 0.05) is 20.6 Å². The highest BCUT2D eigenvalue weighted by Gasteiger charge is 2.22. The molecule has 1 rings (SSSR count). The second kappa shape index (κ2) is 6.88. The lowest BCUT2D eigenvalue weighted by atomic mass is 10.1. The van der Waals surface area contributed by atoms with E-state index in [0.29, 0.717) is 13.0 Å².